The normalized spacial score (nSPS) is 12.9. The molecule has 1 radical (unpaired) electrons. The Hall–Kier alpha value is 1.49. The topological polar surface area (TPSA) is 163 Å². The summed E-state index contributed by atoms with van der Waals surface area (Å²) in [5.74, 6) is 0. The molecule has 0 fully saturated rings. The summed E-state index contributed by atoms with van der Waals surface area (Å²) in [6, 6.07) is 0. The zero-order valence-electron chi connectivity index (χ0n) is 10.8. The van der Waals surface area contributed by atoms with Crippen molar-refractivity contribution >= 4 is 30.4 Å². The zero-order chi connectivity index (χ0) is 21.0. The molecule has 167 valence electrons. The van der Waals surface area contributed by atoms with E-state index in [1.165, 1.54) is 0 Å². The number of hydrogen-bond donors (Lipinski definition) is 3. The third kappa shape index (κ3) is 18.8. The van der Waals surface area contributed by atoms with Crippen LogP contribution in [0.15, 0.2) is 0 Å². The molecule has 0 atom stereocenters. The van der Waals surface area contributed by atoms with Crippen molar-refractivity contribution in [3.05, 3.63) is 0 Å². The first-order chi connectivity index (χ1) is 9.75. The molecule has 0 aromatic rings. The van der Waals surface area contributed by atoms with Crippen LogP contribution in [-0.4, -0.2) is 55.4 Å². The molecule has 3 N–H and O–H groups in total. The van der Waals surface area contributed by atoms with Gasteiger partial charge in [0.25, 0.3) is 0 Å². The summed E-state index contributed by atoms with van der Waals surface area (Å²) in [5.41, 5.74) is -16.6. The smallest absolute Gasteiger partial charge is 0.279 e. The van der Waals surface area contributed by atoms with Crippen LogP contribution in [0.5, 0.6) is 0 Å². The fourth-order valence-corrected chi connectivity index (χ4v) is 0. The van der Waals surface area contributed by atoms with Crippen molar-refractivity contribution in [3.63, 3.8) is 0 Å². The van der Waals surface area contributed by atoms with Crippen LogP contribution in [0, 0.1) is 46.9 Å². The van der Waals surface area contributed by atoms with Gasteiger partial charge in [-0.1, -0.05) is 0 Å². The van der Waals surface area contributed by atoms with Gasteiger partial charge in [-0.2, -0.15) is 64.8 Å². The first kappa shape index (κ1) is 38.1. The van der Waals surface area contributed by atoms with E-state index in [4.69, 9.17) is 38.9 Å². The van der Waals surface area contributed by atoms with Crippen molar-refractivity contribution in [1.82, 2.24) is 0 Å². The Kier molecular flexibility index (Phi) is 18.0. The molecule has 0 bridgehead atoms. The minimum atomic E-state index is -5.84. The number of rotatable bonds is 0. The molecule has 0 amide bonds. The fourth-order valence-electron chi connectivity index (χ4n) is 0. The van der Waals surface area contributed by atoms with Gasteiger partial charge in [-0.3, -0.25) is 13.7 Å². The van der Waals surface area contributed by atoms with Crippen LogP contribution >= 0.6 is 0 Å². The van der Waals surface area contributed by atoms with E-state index < -0.39 is 46.9 Å². The van der Waals surface area contributed by atoms with Crippen LogP contribution in [-0.2, 0) is 56.2 Å². The Balaban J connectivity index is -0.0000000817. The Morgan fingerprint density at radius 3 is 0.500 bits per heavy atom. The molecule has 0 aromatic carbocycles. The maximum Gasteiger partial charge on any atom is 0.522 e. The third-order valence-electron chi connectivity index (χ3n) is 0.877. The second kappa shape index (κ2) is 12.2. The van der Waals surface area contributed by atoms with E-state index in [0.717, 1.165) is 0 Å². The first-order valence-corrected chi connectivity index (χ1v) is 8.18. The summed E-state index contributed by atoms with van der Waals surface area (Å²) < 4.78 is 173. The molecule has 0 saturated carbocycles. The first-order valence-electron chi connectivity index (χ1n) is 3.86. The molecule has 23 heteroatoms. The van der Waals surface area contributed by atoms with Gasteiger partial charge in [0, 0.05) is 72.8 Å². The molecular formula is C3H3F9O9S3ScYb. The maximum absolute atomic E-state index is 10.7. The van der Waals surface area contributed by atoms with Gasteiger partial charge in [0.2, 0.25) is 0 Å². The Labute approximate surface area is 196 Å². The van der Waals surface area contributed by atoms with Gasteiger partial charge >= 0.3 is 46.9 Å². The van der Waals surface area contributed by atoms with E-state index in [9.17, 15) is 39.5 Å². The van der Waals surface area contributed by atoms with Crippen molar-refractivity contribution in [3.8, 4) is 0 Å². The molecule has 0 heterocycles. The zero-order valence-corrected chi connectivity index (χ0v) is 16.7. The fraction of sp³-hybridized carbons (Fsp3) is 1.00. The van der Waals surface area contributed by atoms with Gasteiger partial charge in [-0.15, -0.1) is 0 Å². The van der Waals surface area contributed by atoms with E-state index in [-0.39, 0.29) is 72.8 Å². The van der Waals surface area contributed by atoms with Crippen LogP contribution in [0.4, 0.5) is 39.5 Å². The molecule has 0 aliphatic heterocycles. The van der Waals surface area contributed by atoms with E-state index in [2.05, 4.69) is 0 Å². The summed E-state index contributed by atoms with van der Waals surface area (Å²) in [6.45, 7) is 0. The molecule has 9 nitrogen and oxygen atoms in total. The van der Waals surface area contributed by atoms with Crippen LogP contribution in [0.3, 0.4) is 0 Å². The predicted molar refractivity (Wildman–Crippen MR) is 52.8 cm³/mol. The number of hydrogen-bond acceptors (Lipinski definition) is 6. The molecule has 0 unspecified atom stereocenters. The Morgan fingerprint density at radius 1 is 0.462 bits per heavy atom. The Morgan fingerprint density at radius 2 is 0.500 bits per heavy atom. The van der Waals surface area contributed by atoms with Crippen LogP contribution in [0.25, 0.3) is 0 Å². The molecule has 0 rings (SSSR count). The van der Waals surface area contributed by atoms with Crippen molar-refractivity contribution in [2.75, 3.05) is 0 Å². The predicted octanol–water partition coefficient (Wildman–Crippen LogP) is 1.18. The van der Waals surface area contributed by atoms with Crippen molar-refractivity contribution in [2.24, 2.45) is 0 Å². The van der Waals surface area contributed by atoms with Crippen LogP contribution in [0.2, 0.25) is 0 Å². The quantitative estimate of drug-likeness (QED) is 0.196. The van der Waals surface area contributed by atoms with Gasteiger partial charge in [-0.05, 0) is 0 Å². The minimum Gasteiger partial charge on any atom is -0.279 e. The van der Waals surface area contributed by atoms with Crippen molar-refractivity contribution in [2.45, 2.75) is 16.5 Å². The average Bonchev–Trinajstić information content (AvgIpc) is 2.08. The van der Waals surface area contributed by atoms with Gasteiger partial charge in [0.15, 0.2) is 0 Å². The summed E-state index contributed by atoms with van der Waals surface area (Å²) in [6.07, 6.45) is 0. The van der Waals surface area contributed by atoms with Gasteiger partial charge in [0.05, 0.1) is 0 Å². The van der Waals surface area contributed by atoms with Crippen LogP contribution < -0.4 is 0 Å². The second-order valence-corrected chi connectivity index (χ2v) is 7.00. The maximum atomic E-state index is 10.7. The monoisotopic (exact) mass is 669 g/mol. The summed E-state index contributed by atoms with van der Waals surface area (Å²) in [7, 11) is -17.5. The molecule has 0 aromatic heterocycles. The SMILES string of the molecule is O=S(=O)(O)C(F)(F)F.O=S(=O)(O)C(F)(F)F.O=S(=O)(O)C(F)(F)F.[Sc].[Yb]. The summed E-state index contributed by atoms with van der Waals surface area (Å²) in [5, 5.41) is 0. The average molecular weight is 668 g/mol. The number of alkyl halides is 9. The second-order valence-electron chi connectivity index (χ2n) is 2.76. The van der Waals surface area contributed by atoms with E-state index in [1.54, 1.807) is 0 Å². The van der Waals surface area contributed by atoms with Gasteiger partial charge in [-0.25, -0.2) is 0 Å². The van der Waals surface area contributed by atoms with Crippen molar-refractivity contribution < 1.29 is 151 Å². The molecule has 0 aliphatic rings. The molecule has 0 saturated heterocycles. The van der Waals surface area contributed by atoms with Crippen LogP contribution in [0.1, 0.15) is 0 Å². The van der Waals surface area contributed by atoms with Gasteiger partial charge in [0.1, 0.15) is 0 Å². The Bertz CT molecular complexity index is 602. The third-order valence-corrected chi connectivity index (χ3v) is 2.63. The molecule has 0 aliphatic carbocycles. The standard InChI is InChI=1S/3CHF3O3S.Sc.Yb/c3*2-1(3,4)8(5,6)7;;/h3*(H,5,6,7);;. The summed E-state index contributed by atoms with van der Waals surface area (Å²) in [4.78, 5) is 0. The van der Waals surface area contributed by atoms with E-state index >= 15 is 0 Å². The molecule has 0 spiro atoms. The summed E-state index contributed by atoms with van der Waals surface area (Å²) >= 11 is 0. The van der Waals surface area contributed by atoms with Crippen molar-refractivity contribution in [1.29, 1.82) is 0 Å². The van der Waals surface area contributed by atoms with E-state index in [1.807, 2.05) is 0 Å². The largest absolute Gasteiger partial charge is 0.522 e. The molecular weight excluding hydrogens is 665 g/mol. The van der Waals surface area contributed by atoms with E-state index in [0.29, 0.717) is 0 Å². The minimum absolute atomic E-state index is 0. The molecule has 26 heavy (non-hydrogen) atoms. The number of halogens is 9. The van der Waals surface area contributed by atoms with Gasteiger partial charge < -0.3 is 0 Å².